The molecule has 0 bridgehead atoms. The summed E-state index contributed by atoms with van der Waals surface area (Å²) in [5.41, 5.74) is 2.76. The van der Waals surface area contributed by atoms with Crippen molar-refractivity contribution in [3.63, 3.8) is 0 Å². The van der Waals surface area contributed by atoms with E-state index in [0.717, 1.165) is 11.1 Å². The zero-order valence-electron chi connectivity index (χ0n) is 20.8. The lowest BCUT2D eigenvalue weighted by molar-refractivity contribution is -0.126. The van der Waals surface area contributed by atoms with Gasteiger partial charge in [-0.25, -0.2) is 0 Å². The van der Waals surface area contributed by atoms with Crippen LogP contribution < -0.4 is 15.5 Å². The molecule has 9 heteroatoms. The largest absolute Gasteiger partial charge is 0.463 e. The first kappa shape index (κ1) is 24.1. The topological polar surface area (TPSA) is 109 Å². The molecule has 2 aromatic carbocycles. The first-order valence-corrected chi connectivity index (χ1v) is 11.9. The van der Waals surface area contributed by atoms with Crippen LogP contribution in [-0.4, -0.2) is 33.0 Å². The molecule has 1 atom stereocenters. The predicted octanol–water partition coefficient (Wildman–Crippen LogP) is 4.15. The van der Waals surface area contributed by atoms with Crippen molar-refractivity contribution < 1.29 is 18.8 Å². The van der Waals surface area contributed by atoms with Crippen molar-refractivity contribution in [3.05, 3.63) is 89.8 Å². The van der Waals surface area contributed by atoms with Crippen LogP contribution in [0, 0.1) is 6.92 Å². The second kappa shape index (κ2) is 9.42. The van der Waals surface area contributed by atoms with Gasteiger partial charge >= 0.3 is 0 Å². The summed E-state index contributed by atoms with van der Waals surface area (Å²) in [5, 5.41) is 10.3. The van der Waals surface area contributed by atoms with Crippen LogP contribution in [0.5, 0.6) is 0 Å². The lowest BCUT2D eigenvalue weighted by Gasteiger charge is -2.43. The van der Waals surface area contributed by atoms with Crippen LogP contribution in [0.4, 0.5) is 11.4 Å². The van der Waals surface area contributed by atoms with E-state index < -0.39 is 5.54 Å². The zero-order chi connectivity index (χ0) is 26.2. The van der Waals surface area contributed by atoms with E-state index in [1.165, 1.54) is 11.8 Å². The minimum absolute atomic E-state index is 0.141. The van der Waals surface area contributed by atoms with E-state index in [2.05, 4.69) is 15.7 Å². The molecule has 0 fully saturated rings. The molecule has 1 aliphatic rings. The van der Waals surface area contributed by atoms with Crippen molar-refractivity contribution >= 4 is 29.1 Å². The Morgan fingerprint density at radius 2 is 1.86 bits per heavy atom. The highest BCUT2D eigenvalue weighted by Crippen LogP contribution is 2.35. The molecule has 5 rings (SSSR count). The second-order valence-electron chi connectivity index (χ2n) is 9.36. The third-order valence-corrected chi connectivity index (χ3v) is 6.40. The fourth-order valence-corrected chi connectivity index (χ4v) is 4.62. The van der Waals surface area contributed by atoms with Crippen LogP contribution in [0.25, 0.3) is 11.5 Å². The number of anilines is 2. The minimum atomic E-state index is -1.28. The Kier molecular flexibility index (Phi) is 6.12. The molecular formula is C28H27N5O4. The molecule has 0 radical (unpaired) electrons. The van der Waals surface area contributed by atoms with Gasteiger partial charge in [0.1, 0.15) is 16.9 Å². The van der Waals surface area contributed by atoms with Gasteiger partial charge < -0.3 is 15.1 Å². The number of carbonyl (C=O) groups excluding carboxylic acids is 3. The predicted molar refractivity (Wildman–Crippen MR) is 139 cm³/mol. The van der Waals surface area contributed by atoms with E-state index >= 15 is 0 Å². The van der Waals surface area contributed by atoms with Crippen molar-refractivity contribution in [2.45, 2.75) is 39.4 Å². The molecule has 0 spiro atoms. The number of fused-ring (bicyclic) bond motifs is 1. The molecule has 0 unspecified atom stereocenters. The molecule has 2 aromatic heterocycles. The summed E-state index contributed by atoms with van der Waals surface area (Å²) in [6, 6.07) is 19.9. The van der Waals surface area contributed by atoms with Gasteiger partial charge in [0.25, 0.3) is 5.91 Å². The van der Waals surface area contributed by atoms with Crippen LogP contribution in [0.3, 0.4) is 0 Å². The van der Waals surface area contributed by atoms with Gasteiger partial charge in [0.2, 0.25) is 11.8 Å². The molecule has 188 valence electrons. The van der Waals surface area contributed by atoms with Crippen LogP contribution >= 0.6 is 0 Å². The number of carbonyl (C=O) groups is 3. The minimum Gasteiger partial charge on any atom is -0.463 e. The monoisotopic (exact) mass is 497 g/mol. The number of hydrogen-bond donors (Lipinski definition) is 2. The van der Waals surface area contributed by atoms with Crippen LogP contribution in [0.2, 0.25) is 0 Å². The smallest absolute Gasteiger partial charge is 0.277 e. The quantitative estimate of drug-likeness (QED) is 0.416. The number of hydrogen-bond acceptors (Lipinski definition) is 5. The van der Waals surface area contributed by atoms with Crippen LogP contribution in [0.1, 0.15) is 35.5 Å². The molecule has 4 aromatic rings. The highest BCUT2D eigenvalue weighted by molar-refractivity contribution is 6.12. The number of benzene rings is 2. The van der Waals surface area contributed by atoms with E-state index in [1.807, 2.05) is 31.2 Å². The molecular weight excluding hydrogens is 470 g/mol. The maximum Gasteiger partial charge on any atom is 0.277 e. The van der Waals surface area contributed by atoms with Gasteiger partial charge in [0, 0.05) is 30.9 Å². The van der Waals surface area contributed by atoms with Gasteiger partial charge in [-0.3, -0.25) is 24.0 Å². The van der Waals surface area contributed by atoms with E-state index in [-0.39, 0.29) is 24.3 Å². The summed E-state index contributed by atoms with van der Waals surface area (Å²) in [6.07, 6.45) is 1.54. The molecule has 0 aliphatic carbocycles. The number of nitrogens with one attached hydrogen (secondary N) is 2. The zero-order valence-corrected chi connectivity index (χ0v) is 20.8. The highest BCUT2D eigenvalue weighted by Gasteiger charge is 2.49. The summed E-state index contributed by atoms with van der Waals surface area (Å²) in [4.78, 5) is 40.6. The maximum atomic E-state index is 13.9. The summed E-state index contributed by atoms with van der Waals surface area (Å²) < 4.78 is 7.04. The Bertz CT molecular complexity index is 1470. The normalized spacial score (nSPS) is 16.8. The Balaban J connectivity index is 1.52. The molecule has 0 saturated carbocycles. The van der Waals surface area contributed by atoms with Gasteiger partial charge in [0.05, 0.1) is 12.8 Å². The summed E-state index contributed by atoms with van der Waals surface area (Å²) >= 11 is 0. The summed E-state index contributed by atoms with van der Waals surface area (Å²) in [7, 11) is 0. The average Bonchev–Trinajstić information content (AvgIpc) is 3.53. The number of aryl methyl sites for hydroxylation is 1. The third-order valence-electron chi connectivity index (χ3n) is 6.40. The molecule has 3 amide bonds. The SMILES string of the molecule is CC(=O)Nc1ccc(N2C(=O)c3cc(-c4ccco4)nn3C[C@@]2(C)C(=O)NCc2cccc(C)c2)cc1. The Hall–Kier alpha value is -4.66. The second-order valence-corrected chi connectivity index (χ2v) is 9.36. The Morgan fingerprint density at radius 3 is 2.54 bits per heavy atom. The molecule has 0 saturated heterocycles. The van der Waals surface area contributed by atoms with Crippen LogP contribution in [0.15, 0.2) is 77.4 Å². The standard InChI is InChI=1S/C28H27N5O4/c1-18-6-4-7-20(14-18)16-29-27(36)28(3)17-32-24(15-23(31-32)25-8-5-13-37-25)26(35)33(28)22-11-9-21(10-12-22)30-19(2)34/h4-15H,16-17H2,1-3H3,(H,29,36)(H,30,34)/t28-/m0/s1. The molecule has 37 heavy (non-hydrogen) atoms. The fraction of sp³-hybridized carbons (Fsp3) is 0.214. The van der Waals surface area contributed by atoms with Crippen molar-refractivity contribution in [3.8, 4) is 11.5 Å². The maximum absolute atomic E-state index is 13.9. The van der Waals surface area contributed by atoms with Gasteiger partial charge in [0.15, 0.2) is 5.76 Å². The first-order valence-electron chi connectivity index (χ1n) is 11.9. The van der Waals surface area contributed by atoms with E-state index in [0.29, 0.717) is 35.1 Å². The fourth-order valence-electron chi connectivity index (χ4n) is 4.62. The summed E-state index contributed by atoms with van der Waals surface area (Å²) in [6.45, 7) is 5.62. The molecule has 9 nitrogen and oxygen atoms in total. The van der Waals surface area contributed by atoms with Gasteiger partial charge in [-0.2, -0.15) is 5.10 Å². The first-order chi connectivity index (χ1) is 17.7. The number of furan rings is 1. The van der Waals surface area contributed by atoms with Crippen molar-refractivity contribution in [1.82, 2.24) is 15.1 Å². The summed E-state index contributed by atoms with van der Waals surface area (Å²) in [5.74, 6) is -0.339. The Labute approximate surface area is 214 Å². The van der Waals surface area contributed by atoms with Gasteiger partial charge in [-0.05, 0) is 55.8 Å². The lowest BCUT2D eigenvalue weighted by atomic mass is 9.93. The number of nitrogens with zero attached hydrogens (tertiary/aromatic N) is 3. The lowest BCUT2D eigenvalue weighted by Crippen LogP contribution is -2.64. The third kappa shape index (κ3) is 4.63. The Morgan fingerprint density at radius 1 is 1.08 bits per heavy atom. The molecule has 1 aliphatic heterocycles. The number of rotatable bonds is 6. The average molecular weight is 498 g/mol. The van der Waals surface area contributed by atoms with Gasteiger partial charge in [-0.15, -0.1) is 0 Å². The number of amides is 3. The molecule has 3 heterocycles. The van der Waals surface area contributed by atoms with E-state index in [4.69, 9.17) is 4.42 Å². The van der Waals surface area contributed by atoms with E-state index in [9.17, 15) is 14.4 Å². The van der Waals surface area contributed by atoms with Crippen molar-refractivity contribution in [2.24, 2.45) is 0 Å². The van der Waals surface area contributed by atoms with Crippen molar-refractivity contribution in [2.75, 3.05) is 10.2 Å². The van der Waals surface area contributed by atoms with Gasteiger partial charge in [-0.1, -0.05) is 29.8 Å². The number of aromatic nitrogens is 2. The van der Waals surface area contributed by atoms with Crippen LogP contribution in [-0.2, 0) is 22.7 Å². The van der Waals surface area contributed by atoms with E-state index in [1.54, 1.807) is 60.3 Å². The van der Waals surface area contributed by atoms with Crippen molar-refractivity contribution in [1.29, 1.82) is 0 Å². The molecule has 2 N–H and O–H groups in total. The highest BCUT2D eigenvalue weighted by atomic mass is 16.3.